The van der Waals surface area contributed by atoms with Gasteiger partial charge in [-0.25, -0.2) is 13.4 Å². The number of anilines is 2. The van der Waals surface area contributed by atoms with E-state index in [2.05, 4.69) is 44.5 Å². The molecule has 3 aromatic heterocycles. The molecule has 2 atom stereocenters. The van der Waals surface area contributed by atoms with Crippen LogP contribution in [-0.4, -0.2) is 41.4 Å². The highest BCUT2D eigenvalue weighted by Gasteiger charge is 2.42. The minimum absolute atomic E-state index is 0.243. The van der Waals surface area contributed by atoms with Gasteiger partial charge in [-0.1, -0.05) is 6.07 Å². The number of nitrogens with zero attached hydrogens (tertiary/aromatic N) is 4. The highest BCUT2D eigenvalue weighted by Crippen LogP contribution is 2.45. The SMILES string of the molecule is COc1ccc(N2C(=S)N[C@@H](c3ccccn3)[C@H]2c2cc(C)n(-c3nccs3)c2C)cc1NS(C)(=O)=O. The molecule has 1 fully saturated rings. The molecule has 0 amide bonds. The zero-order valence-electron chi connectivity index (χ0n) is 20.7. The number of benzene rings is 1. The normalized spacial score (nSPS) is 17.6. The number of thiocarbonyl (C=S) groups is 1. The third-order valence-corrected chi connectivity index (χ3v) is 7.92. The number of ether oxygens (including phenoxy) is 1. The summed E-state index contributed by atoms with van der Waals surface area (Å²) < 4.78 is 34.2. The molecule has 0 unspecified atom stereocenters. The van der Waals surface area contributed by atoms with Crippen LogP contribution in [0.15, 0.2) is 60.2 Å². The molecule has 0 spiro atoms. The van der Waals surface area contributed by atoms with Crippen molar-refractivity contribution >= 4 is 50.1 Å². The predicted molar refractivity (Wildman–Crippen MR) is 150 cm³/mol. The fourth-order valence-electron chi connectivity index (χ4n) is 4.78. The number of aromatic nitrogens is 3. The molecule has 0 bridgehead atoms. The van der Waals surface area contributed by atoms with Crippen LogP contribution in [0, 0.1) is 13.8 Å². The third-order valence-electron chi connectivity index (χ3n) is 6.25. The molecule has 12 heteroatoms. The molecule has 1 aliphatic rings. The Morgan fingerprint density at radius 1 is 1.14 bits per heavy atom. The van der Waals surface area contributed by atoms with E-state index in [1.807, 2.05) is 34.5 Å². The summed E-state index contributed by atoms with van der Waals surface area (Å²) in [5.74, 6) is 0.409. The first kappa shape index (κ1) is 25.2. The Hall–Kier alpha value is -3.48. The fourth-order valence-corrected chi connectivity index (χ4v) is 6.44. The van der Waals surface area contributed by atoms with Crippen molar-refractivity contribution in [2.45, 2.75) is 25.9 Å². The van der Waals surface area contributed by atoms with Crippen LogP contribution in [0.2, 0.25) is 0 Å². The zero-order chi connectivity index (χ0) is 26.3. The average Bonchev–Trinajstić information content (AvgIpc) is 3.56. The molecular weight excluding hydrogens is 529 g/mol. The Bertz CT molecular complexity index is 1550. The molecule has 4 heterocycles. The fraction of sp³-hybridized carbons (Fsp3) is 0.240. The molecule has 0 radical (unpaired) electrons. The van der Waals surface area contributed by atoms with Gasteiger partial charge in [-0.15, -0.1) is 11.3 Å². The summed E-state index contributed by atoms with van der Waals surface area (Å²) in [5, 5.41) is 6.81. The highest BCUT2D eigenvalue weighted by atomic mass is 32.2. The van der Waals surface area contributed by atoms with Gasteiger partial charge in [0.25, 0.3) is 0 Å². The van der Waals surface area contributed by atoms with E-state index in [0.29, 0.717) is 22.2 Å². The van der Waals surface area contributed by atoms with Crippen molar-refractivity contribution < 1.29 is 13.2 Å². The van der Waals surface area contributed by atoms with E-state index in [4.69, 9.17) is 17.0 Å². The minimum Gasteiger partial charge on any atom is -0.495 e. The van der Waals surface area contributed by atoms with Gasteiger partial charge in [0.1, 0.15) is 5.75 Å². The van der Waals surface area contributed by atoms with Gasteiger partial charge in [0.05, 0.1) is 36.8 Å². The molecule has 5 rings (SSSR count). The minimum atomic E-state index is -3.53. The van der Waals surface area contributed by atoms with E-state index in [9.17, 15) is 8.42 Å². The van der Waals surface area contributed by atoms with Gasteiger partial charge in [-0.3, -0.25) is 14.3 Å². The maximum absolute atomic E-state index is 12.1. The van der Waals surface area contributed by atoms with Crippen molar-refractivity contribution in [3.63, 3.8) is 0 Å². The summed E-state index contributed by atoms with van der Waals surface area (Å²) in [5.41, 5.74) is 5.04. The highest BCUT2D eigenvalue weighted by molar-refractivity contribution is 7.92. The zero-order valence-corrected chi connectivity index (χ0v) is 23.1. The topological polar surface area (TPSA) is 101 Å². The van der Waals surface area contributed by atoms with Crippen LogP contribution < -0.4 is 19.7 Å². The molecule has 1 aliphatic heterocycles. The number of hydrogen-bond donors (Lipinski definition) is 2. The lowest BCUT2D eigenvalue weighted by Crippen LogP contribution is -2.29. The molecule has 1 aromatic carbocycles. The van der Waals surface area contributed by atoms with Crippen molar-refractivity contribution in [2.75, 3.05) is 23.0 Å². The van der Waals surface area contributed by atoms with Crippen molar-refractivity contribution in [2.24, 2.45) is 0 Å². The van der Waals surface area contributed by atoms with Crippen LogP contribution in [-0.2, 0) is 10.0 Å². The lowest BCUT2D eigenvalue weighted by atomic mass is 9.96. The Balaban J connectivity index is 1.68. The third kappa shape index (κ3) is 4.79. The first-order chi connectivity index (χ1) is 17.7. The summed E-state index contributed by atoms with van der Waals surface area (Å²) in [7, 11) is -2.04. The Labute approximate surface area is 225 Å². The first-order valence-electron chi connectivity index (χ1n) is 11.4. The second-order valence-corrected chi connectivity index (χ2v) is 11.7. The van der Waals surface area contributed by atoms with Crippen LogP contribution >= 0.6 is 23.6 Å². The second kappa shape index (κ2) is 9.77. The van der Waals surface area contributed by atoms with Crippen LogP contribution in [0.25, 0.3) is 5.13 Å². The lowest BCUT2D eigenvalue weighted by Gasteiger charge is -2.28. The van der Waals surface area contributed by atoms with Gasteiger partial charge in [0.15, 0.2) is 10.2 Å². The Kier molecular flexibility index (Phi) is 6.65. The molecule has 1 saturated heterocycles. The smallest absolute Gasteiger partial charge is 0.229 e. The maximum atomic E-state index is 12.1. The molecule has 2 N–H and O–H groups in total. The van der Waals surface area contributed by atoms with Gasteiger partial charge in [-0.2, -0.15) is 0 Å². The van der Waals surface area contributed by atoms with Crippen molar-refractivity contribution in [1.29, 1.82) is 0 Å². The summed E-state index contributed by atoms with van der Waals surface area (Å²) in [6.07, 6.45) is 4.66. The monoisotopic (exact) mass is 554 g/mol. The summed E-state index contributed by atoms with van der Waals surface area (Å²) >= 11 is 7.43. The van der Waals surface area contributed by atoms with Crippen molar-refractivity contribution in [3.8, 4) is 10.9 Å². The number of aryl methyl sites for hydroxylation is 1. The van der Waals surface area contributed by atoms with Crippen LogP contribution in [0.5, 0.6) is 5.75 Å². The van der Waals surface area contributed by atoms with Crippen molar-refractivity contribution in [1.82, 2.24) is 19.9 Å². The van der Waals surface area contributed by atoms with Gasteiger partial charge in [0.2, 0.25) is 10.0 Å². The van der Waals surface area contributed by atoms with E-state index >= 15 is 0 Å². The largest absolute Gasteiger partial charge is 0.495 e. The number of pyridine rings is 1. The van der Waals surface area contributed by atoms with Crippen molar-refractivity contribution in [3.05, 3.63) is 82.9 Å². The summed E-state index contributed by atoms with van der Waals surface area (Å²) in [4.78, 5) is 11.2. The van der Waals surface area contributed by atoms with Crippen LogP contribution in [0.3, 0.4) is 0 Å². The van der Waals surface area contributed by atoms with E-state index in [0.717, 1.165) is 34.0 Å². The van der Waals surface area contributed by atoms with Gasteiger partial charge >= 0.3 is 0 Å². The van der Waals surface area contributed by atoms with E-state index in [1.165, 1.54) is 7.11 Å². The van der Waals surface area contributed by atoms with E-state index < -0.39 is 10.0 Å². The molecule has 9 nitrogen and oxygen atoms in total. The van der Waals surface area contributed by atoms with Crippen LogP contribution in [0.4, 0.5) is 11.4 Å². The molecular formula is C25H26N6O3S3. The molecule has 4 aromatic rings. The molecule has 0 saturated carbocycles. The van der Waals surface area contributed by atoms with E-state index in [1.54, 1.807) is 35.9 Å². The van der Waals surface area contributed by atoms with Gasteiger partial charge in [0, 0.05) is 34.8 Å². The second-order valence-electron chi connectivity index (χ2n) is 8.73. The van der Waals surface area contributed by atoms with Gasteiger partial charge < -0.3 is 15.0 Å². The number of methoxy groups -OCH3 is 1. The number of thiazole rings is 1. The molecule has 0 aliphatic carbocycles. The Morgan fingerprint density at radius 2 is 1.95 bits per heavy atom. The standard InChI is InChI=1S/C25H26N6O3S3/c1-15-13-18(16(2)30(15)25-27-11-12-36-25)23-22(19-7-5-6-10-26-19)28-24(35)31(23)17-8-9-21(34-3)20(14-17)29-37(4,32)33/h5-14,22-23,29H,1-4H3,(H,28,35)/t22-,23+/m0/s1. The summed E-state index contributed by atoms with van der Waals surface area (Å²) in [6, 6.07) is 12.8. The predicted octanol–water partition coefficient (Wildman–Crippen LogP) is 4.50. The summed E-state index contributed by atoms with van der Waals surface area (Å²) in [6.45, 7) is 4.13. The van der Waals surface area contributed by atoms with Crippen LogP contribution in [0.1, 0.15) is 34.7 Å². The number of nitrogens with one attached hydrogen (secondary N) is 2. The average molecular weight is 555 g/mol. The number of hydrogen-bond acceptors (Lipinski definition) is 7. The first-order valence-corrected chi connectivity index (χ1v) is 14.6. The Morgan fingerprint density at radius 3 is 2.59 bits per heavy atom. The maximum Gasteiger partial charge on any atom is 0.229 e. The quantitative estimate of drug-likeness (QED) is 0.322. The lowest BCUT2D eigenvalue weighted by molar-refractivity contribution is 0.417. The molecule has 37 heavy (non-hydrogen) atoms. The molecule has 192 valence electrons. The van der Waals surface area contributed by atoms with E-state index in [-0.39, 0.29) is 12.1 Å². The van der Waals surface area contributed by atoms with Gasteiger partial charge in [-0.05, 0) is 68.0 Å². The number of rotatable bonds is 7. The number of sulfonamides is 1.